The van der Waals surface area contributed by atoms with Crippen LogP contribution in [0.15, 0.2) is 5.16 Å². The summed E-state index contributed by atoms with van der Waals surface area (Å²) in [4.78, 5) is 23.5. The predicted molar refractivity (Wildman–Crippen MR) is 96.9 cm³/mol. The average molecular weight is 363 g/mol. The maximum atomic E-state index is 12.6. The molecule has 0 aromatic carbocycles. The monoisotopic (exact) mass is 363 g/mol. The third kappa shape index (κ3) is 3.79. The minimum Gasteiger partial charge on any atom is -0.372 e. The molecule has 7 nitrogen and oxygen atoms in total. The Hall–Kier alpha value is -1.67. The lowest BCUT2D eigenvalue weighted by atomic mass is 10.1. The number of morpholine rings is 1. The van der Waals surface area contributed by atoms with Crippen molar-refractivity contribution in [1.29, 1.82) is 0 Å². The molecular weight excluding hydrogens is 338 g/mol. The van der Waals surface area contributed by atoms with Gasteiger partial charge in [0, 0.05) is 30.9 Å². The van der Waals surface area contributed by atoms with Gasteiger partial charge < -0.3 is 9.64 Å². The van der Waals surface area contributed by atoms with Gasteiger partial charge in [-0.05, 0) is 45.9 Å². The molecule has 1 fully saturated rings. The van der Waals surface area contributed by atoms with Crippen molar-refractivity contribution in [2.24, 2.45) is 0 Å². The van der Waals surface area contributed by atoms with E-state index in [1.54, 1.807) is 4.52 Å². The van der Waals surface area contributed by atoms with Crippen molar-refractivity contribution in [1.82, 2.24) is 24.5 Å². The zero-order valence-corrected chi connectivity index (χ0v) is 16.3. The summed E-state index contributed by atoms with van der Waals surface area (Å²) in [5.41, 5.74) is 3.00. The van der Waals surface area contributed by atoms with E-state index in [2.05, 4.69) is 15.1 Å². The fraction of sp³-hybridized carbons (Fsp3) is 0.647. The molecule has 3 rings (SSSR count). The minimum atomic E-state index is 0.0919. The van der Waals surface area contributed by atoms with Gasteiger partial charge in [-0.2, -0.15) is 4.98 Å². The molecule has 1 amide bonds. The molecule has 136 valence electrons. The fourth-order valence-corrected chi connectivity index (χ4v) is 3.75. The zero-order chi connectivity index (χ0) is 18.1. The van der Waals surface area contributed by atoms with Gasteiger partial charge in [-0.15, -0.1) is 5.10 Å². The first-order valence-corrected chi connectivity index (χ1v) is 9.81. The van der Waals surface area contributed by atoms with Crippen LogP contribution in [0.25, 0.3) is 5.78 Å². The Bertz CT molecular complexity index is 781. The van der Waals surface area contributed by atoms with E-state index in [4.69, 9.17) is 4.74 Å². The van der Waals surface area contributed by atoms with Gasteiger partial charge >= 0.3 is 0 Å². The summed E-state index contributed by atoms with van der Waals surface area (Å²) in [5.74, 6) is 0.787. The molecule has 0 radical (unpaired) electrons. The second-order valence-corrected chi connectivity index (χ2v) is 7.40. The summed E-state index contributed by atoms with van der Waals surface area (Å²) in [7, 11) is 0. The van der Waals surface area contributed by atoms with Crippen LogP contribution in [-0.2, 0) is 16.0 Å². The van der Waals surface area contributed by atoms with E-state index in [1.165, 1.54) is 11.8 Å². The average Bonchev–Trinajstić information content (AvgIpc) is 2.96. The number of rotatable bonds is 4. The Morgan fingerprint density at radius 2 is 1.92 bits per heavy atom. The molecule has 2 unspecified atom stereocenters. The van der Waals surface area contributed by atoms with Gasteiger partial charge in [0.15, 0.2) is 0 Å². The number of nitrogens with zero attached hydrogens (tertiary/aromatic N) is 5. The first kappa shape index (κ1) is 18.1. The molecule has 2 aromatic heterocycles. The second kappa shape index (κ2) is 7.29. The van der Waals surface area contributed by atoms with Crippen molar-refractivity contribution in [2.75, 3.05) is 19.3 Å². The number of amides is 1. The van der Waals surface area contributed by atoms with E-state index in [0.717, 1.165) is 17.0 Å². The maximum absolute atomic E-state index is 12.6. The number of carbonyl (C=O) groups is 1. The number of ether oxygens (including phenoxy) is 1. The van der Waals surface area contributed by atoms with Gasteiger partial charge in [0.25, 0.3) is 5.78 Å². The molecule has 1 saturated heterocycles. The van der Waals surface area contributed by atoms with Crippen molar-refractivity contribution in [3.8, 4) is 0 Å². The highest BCUT2D eigenvalue weighted by atomic mass is 32.2. The Morgan fingerprint density at radius 1 is 1.24 bits per heavy atom. The molecule has 0 bridgehead atoms. The van der Waals surface area contributed by atoms with Crippen LogP contribution in [0, 0.1) is 13.8 Å². The van der Waals surface area contributed by atoms with Crippen molar-refractivity contribution in [3.05, 3.63) is 17.0 Å². The zero-order valence-electron chi connectivity index (χ0n) is 15.4. The number of aryl methyl sites for hydroxylation is 2. The summed E-state index contributed by atoms with van der Waals surface area (Å²) >= 11 is 1.50. The van der Waals surface area contributed by atoms with Crippen LogP contribution in [-0.4, -0.2) is 61.9 Å². The van der Waals surface area contributed by atoms with Gasteiger partial charge in [0.05, 0.1) is 12.2 Å². The Labute approximate surface area is 152 Å². The first-order valence-electron chi connectivity index (χ1n) is 8.59. The molecular formula is C17H25N5O2S. The molecule has 2 aromatic rings. The molecule has 0 saturated carbocycles. The molecule has 0 N–H and O–H groups in total. The minimum absolute atomic E-state index is 0.0919. The van der Waals surface area contributed by atoms with Gasteiger partial charge in [-0.3, -0.25) is 4.79 Å². The number of hydrogen-bond acceptors (Lipinski definition) is 6. The van der Waals surface area contributed by atoms with Crippen LogP contribution in [0.3, 0.4) is 0 Å². The van der Waals surface area contributed by atoms with Gasteiger partial charge in [0.2, 0.25) is 11.1 Å². The topological polar surface area (TPSA) is 72.6 Å². The molecule has 0 spiro atoms. The molecule has 3 heterocycles. The van der Waals surface area contributed by atoms with Gasteiger partial charge in [-0.25, -0.2) is 9.50 Å². The first-order chi connectivity index (χ1) is 11.9. The highest BCUT2D eigenvalue weighted by Crippen LogP contribution is 2.19. The van der Waals surface area contributed by atoms with Crippen LogP contribution in [0.1, 0.15) is 37.2 Å². The Morgan fingerprint density at radius 3 is 2.56 bits per heavy atom. The van der Waals surface area contributed by atoms with Crippen LogP contribution in [0.5, 0.6) is 0 Å². The third-order valence-corrected chi connectivity index (χ3v) is 5.11. The van der Waals surface area contributed by atoms with Crippen LogP contribution in [0.2, 0.25) is 0 Å². The van der Waals surface area contributed by atoms with Gasteiger partial charge in [0.1, 0.15) is 0 Å². The van der Waals surface area contributed by atoms with Crippen LogP contribution in [0.4, 0.5) is 0 Å². The lowest BCUT2D eigenvalue weighted by Crippen LogP contribution is -2.48. The summed E-state index contributed by atoms with van der Waals surface area (Å²) in [6, 6.07) is 0. The summed E-state index contributed by atoms with van der Waals surface area (Å²) < 4.78 is 7.48. The summed E-state index contributed by atoms with van der Waals surface area (Å²) in [5, 5.41) is 5.17. The summed E-state index contributed by atoms with van der Waals surface area (Å²) in [6.07, 6.45) is 3.26. The molecule has 1 aliphatic rings. The molecule has 2 atom stereocenters. The van der Waals surface area contributed by atoms with E-state index in [0.29, 0.717) is 36.9 Å². The smallest absolute Gasteiger partial charge is 0.253 e. The lowest BCUT2D eigenvalue weighted by Gasteiger charge is -2.35. The number of aromatic nitrogens is 4. The van der Waals surface area contributed by atoms with Crippen molar-refractivity contribution >= 4 is 23.4 Å². The molecule has 0 aliphatic carbocycles. The van der Waals surface area contributed by atoms with Gasteiger partial charge in [-0.1, -0.05) is 11.8 Å². The summed E-state index contributed by atoms with van der Waals surface area (Å²) in [6.45, 7) is 9.34. The number of carbonyl (C=O) groups excluding carboxylic acids is 1. The highest BCUT2D eigenvalue weighted by Gasteiger charge is 2.26. The Balaban J connectivity index is 1.75. The van der Waals surface area contributed by atoms with Crippen molar-refractivity contribution in [3.63, 3.8) is 0 Å². The quantitative estimate of drug-likeness (QED) is 0.774. The van der Waals surface area contributed by atoms with E-state index in [-0.39, 0.29) is 18.1 Å². The van der Waals surface area contributed by atoms with Crippen molar-refractivity contribution < 1.29 is 9.53 Å². The van der Waals surface area contributed by atoms with Crippen molar-refractivity contribution in [2.45, 2.75) is 57.9 Å². The largest absolute Gasteiger partial charge is 0.372 e. The van der Waals surface area contributed by atoms with E-state index in [1.807, 2.05) is 38.9 Å². The lowest BCUT2D eigenvalue weighted by molar-refractivity contribution is -0.143. The Kier molecular flexibility index (Phi) is 5.29. The highest BCUT2D eigenvalue weighted by molar-refractivity contribution is 7.98. The van der Waals surface area contributed by atoms with E-state index in [9.17, 15) is 4.79 Å². The SMILES string of the molecule is CSc1nc2nc(C)c(CCC(=O)N3CC(C)OC(C)C3)c(C)n2n1. The van der Waals surface area contributed by atoms with Crippen LogP contribution < -0.4 is 0 Å². The number of hydrogen-bond donors (Lipinski definition) is 0. The second-order valence-electron chi connectivity index (χ2n) is 6.63. The molecule has 8 heteroatoms. The standard InChI is InChI=1S/C17H25N5O2S/c1-10-8-21(9-11(2)24-10)15(23)7-6-14-12(3)18-16-19-17(25-5)20-22(16)13(14)4/h10-11H,6-9H2,1-5H3. The third-order valence-electron chi connectivity index (χ3n) is 4.57. The molecule has 25 heavy (non-hydrogen) atoms. The predicted octanol–water partition coefficient (Wildman–Crippen LogP) is 2.03. The number of fused-ring (bicyclic) bond motifs is 1. The maximum Gasteiger partial charge on any atom is 0.253 e. The van der Waals surface area contributed by atoms with E-state index < -0.39 is 0 Å². The van der Waals surface area contributed by atoms with Crippen LogP contribution >= 0.6 is 11.8 Å². The molecule has 1 aliphatic heterocycles. The normalized spacial score (nSPS) is 21.1. The van der Waals surface area contributed by atoms with E-state index >= 15 is 0 Å². The number of thioether (sulfide) groups is 1. The fourth-order valence-electron chi connectivity index (χ4n) is 3.41.